The molecule has 0 aliphatic carbocycles. The summed E-state index contributed by atoms with van der Waals surface area (Å²) in [6, 6.07) is 6.25. The quantitative estimate of drug-likeness (QED) is 0.765. The molecule has 0 spiro atoms. The fraction of sp³-hybridized carbons (Fsp3) is 0.154. The Bertz CT molecular complexity index is 639. The molecule has 20 heavy (non-hydrogen) atoms. The van der Waals surface area contributed by atoms with E-state index >= 15 is 0 Å². The van der Waals surface area contributed by atoms with Gasteiger partial charge in [0.25, 0.3) is 5.91 Å². The highest BCUT2D eigenvalue weighted by Crippen LogP contribution is 2.07. The zero-order chi connectivity index (χ0) is 14.5. The van der Waals surface area contributed by atoms with Crippen molar-refractivity contribution in [2.24, 2.45) is 0 Å². The maximum Gasteiger partial charge on any atom is 0.354 e. The Morgan fingerprint density at radius 3 is 2.80 bits per heavy atom. The molecule has 0 unspecified atom stereocenters. The standard InChI is InChI=1S/C13H12FN3O3/c14-9-4-2-1-3-8(9)5-6-15-12(18)10-11(13(19)20)17-7-16-10/h1-4,7H,5-6H2,(H,15,18)(H,16,17)(H,19,20). The van der Waals surface area contributed by atoms with Crippen LogP contribution in [0.3, 0.4) is 0 Å². The molecule has 1 heterocycles. The molecule has 1 amide bonds. The normalized spacial score (nSPS) is 10.2. The molecule has 6 nitrogen and oxygen atoms in total. The number of carbonyl (C=O) groups is 2. The number of rotatable bonds is 5. The minimum atomic E-state index is -1.26. The lowest BCUT2D eigenvalue weighted by molar-refractivity contribution is 0.0685. The Morgan fingerprint density at radius 1 is 1.35 bits per heavy atom. The average Bonchev–Trinajstić information content (AvgIpc) is 2.90. The maximum atomic E-state index is 13.3. The van der Waals surface area contributed by atoms with E-state index in [0.29, 0.717) is 12.0 Å². The summed E-state index contributed by atoms with van der Waals surface area (Å²) in [4.78, 5) is 28.6. The molecule has 104 valence electrons. The fourth-order valence-corrected chi connectivity index (χ4v) is 1.73. The van der Waals surface area contributed by atoms with Crippen molar-refractivity contribution in [3.8, 4) is 0 Å². The molecule has 3 N–H and O–H groups in total. The number of aromatic nitrogens is 2. The Hall–Kier alpha value is -2.70. The second-order valence-corrected chi connectivity index (χ2v) is 4.03. The van der Waals surface area contributed by atoms with Crippen molar-refractivity contribution in [2.75, 3.05) is 6.54 Å². The summed E-state index contributed by atoms with van der Waals surface area (Å²) < 4.78 is 13.3. The van der Waals surface area contributed by atoms with Gasteiger partial charge in [-0.2, -0.15) is 0 Å². The summed E-state index contributed by atoms with van der Waals surface area (Å²) in [5, 5.41) is 11.3. The third kappa shape index (κ3) is 3.00. The topological polar surface area (TPSA) is 95.1 Å². The molecule has 2 rings (SSSR count). The van der Waals surface area contributed by atoms with Gasteiger partial charge in [0.15, 0.2) is 11.4 Å². The fourth-order valence-electron chi connectivity index (χ4n) is 1.73. The molecule has 0 saturated heterocycles. The van der Waals surface area contributed by atoms with Crippen LogP contribution >= 0.6 is 0 Å². The molecular weight excluding hydrogens is 265 g/mol. The number of nitrogens with one attached hydrogen (secondary N) is 2. The highest BCUT2D eigenvalue weighted by Gasteiger charge is 2.19. The highest BCUT2D eigenvalue weighted by molar-refractivity contribution is 6.02. The summed E-state index contributed by atoms with van der Waals surface area (Å²) in [5.74, 6) is -2.21. The molecule has 2 aromatic rings. The number of carboxylic acids is 1. The number of hydrogen-bond acceptors (Lipinski definition) is 3. The number of halogens is 1. The zero-order valence-corrected chi connectivity index (χ0v) is 10.4. The first-order chi connectivity index (χ1) is 9.59. The monoisotopic (exact) mass is 277 g/mol. The smallest absolute Gasteiger partial charge is 0.354 e. The van der Waals surface area contributed by atoms with E-state index in [1.807, 2.05) is 0 Å². The van der Waals surface area contributed by atoms with Gasteiger partial charge < -0.3 is 15.4 Å². The van der Waals surface area contributed by atoms with E-state index < -0.39 is 11.9 Å². The maximum absolute atomic E-state index is 13.3. The first-order valence-corrected chi connectivity index (χ1v) is 5.88. The SMILES string of the molecule is O=C(NCCc1ccccc1F)c1nc[nH]c1C(=O)O. The van der Waals surface area contributed by atoms with Gasteiger partial charge in [-0.25, -0.2) is 14.2 Å². The number of carboxylic acid groups (broad SMARTS) is 1. The van der Waals surface area contributed by atoms with Gasteiger partial charge in [-0.3, -0.25) is 4.79 Å². The van der Waals surface area contributed by atoms with Crippen LogP contribution < -0.4 is 5.32 Å². The summed E-state index contributed by atoms with van der Waals surface area (Å²) in [6.45, 7) is 0.186. The highest BCUT2D eigenvalue weighted by atomic mass is 19.1. The van der Waals surface area contributed by atoms with Crippen LogP contribution in [0.1, 0.15) is 26.5 Å². The van der Waals surface area contributed by atoms with Crippen LogP contribution in [0.15, 0.2) is 30.6 Å². The van der Waals surface area contributed by atoms with Crippen molar-refractivity contribution in [3.05, 3.63) is 53.4 Å². The molecule has 0 aliphatic heterocycles. The Balaban J connectivity index is 1.94. The lowest BCUT2D eigenvalue weighted by atomic mass is 10.1. The summed E-state index contributed by atoms with van der Waals surface area (Å²) >= 11 is 0. The van der Waals surface area contributed by atoms with Gasteiger partial charge in [0.05, 0.1) is 6.33 Å². The minimum absolute atomic E-state index is 0.186. The van der Waals surface area contributed by atoms with Crippen molar-refractivity contribution in [2.45, 2.75) is 6.42 Å². The summed E-state index contributed by atoms with van der Waals surface area (Å²) in [6.07, 6.45) is 1.44. The molecule has 1 aromatic carbocycles. The van der Waals surface area contributed by atoms with Gasteiger partial charge in [0.1, 0.15) is 5.82 Å². The van der Waals surface area contributed by atoms with Crippen LogP contribution in [0.5, 0.6) is 0 Å². The predicted octanol–water partition coefficient (Wildman–Crippen LogP) is 1.22. The van der Waals surface area contributed by atoms with Crippen molar-refractivity contribution >= 4 is 11.9 Å². The van der Waals surface area contributed by atoms with Crippen LogP contribution in [-0.2, 0) is 6.42 Å². The number of aromatic carboxylic acids is 1. The number of amides is 1. The summed E-state index contributed by atoms with van der Waals surface area (Å²) in [7, 11) is 0. The first kappa shape index (κ1) is 13.7. The molecule has 7 heteroatoms. The van der Waals surface area contributed by atoms with Crippen molar-refractivity contribution < 1.29 is 19.1 Å². The lowest BCUT2D eigenvalue weighted by Gasteiger charge is -2.05. The van der Waals surface area contributed by atoms with Crippen molar-refractivity contribution in [1.29, 1.82) is 0 Å². The van der Waals surface area contributed by atoms with Gasteiger partial charge in [-0.1, -0.05) is 18.2 Å². The van der Waals surface area contributed by atoms with E-state index in [0.717, 1.165) is 6.33 Å². The zero-order valence-electron chi connectivity index (χ0n) is 10.4. The molecule has 0 bridgehead atoms. The Labute approximate surface area is 113 Å². The summed E-state index contributed by atoms with van der Waals surface area (Å²) in [5.41, 5.74) is 0.0210. The third-order valence-electron chi connectivity index (χ3n) is 2.71. The van der Waals surface area contributed by atoms with Crippen LogP contribution in [0.25, 0.3) is 0 Å². The number of carbonyl (C=O) groups excluding carboxylic acids is 1. The second kappa shape index (κ2) is 5.96. The van der Waals surface area contributed by atoms with Gasteiger partial charge in [0, 0.05) is 6.54 Å². The number of imidazole rings is 1. The van der Waals surface area contributed by atoms with E-state index in [1.165, 1.54) is 6.07 Å². The lowest BCUT2D eigenvalue weighted by Crippen LogP contribution is -2.27. The van der Waals surface area contributed by atoms with E-state index in [9.17, 15) is 14.0 Å². The van der Waals surface area contributed by atoms with Crippen LogP contribution in [0.2, 0.25) is 0 Å². The number of aromatic amines is 1. The number of H-pyrrole nitrogens is 1. The van der Waals surface area contributed by atoms with Crippen molar-refractivity contribution in [3.63, 3.8) is 0 Å². The minimum Gasteiger partial charge on any atom is -0.477 e. The van der Waals surface area contributed by atoms with E-state index in [4.69, 9.17) is 5.11 Å². The average molecular weight is 277 g/mol. The van der Waals surface area contributed by atoms with Gasteiger partial charge in [-0.05, 0) is 18.1 Å². The van der Waals surface area contributed by atoms with Gasteiger partial charge in [0.2, 0.25) is 0 Å². The molecule has 0 saturated carbocycles. The largest absolute Gasteiger partial charge is 0.477 e. The predicted molar refractivity (Wildman–Crippen MR) is 68.0 cm³/mol. The molecule has 0 fully saturated rings. The van der Waals surface area contributed by atoms with Crippen LogP contribution in [0, 0.1) is 5.82 Å². The molecule has 0 radical (unpaired) electrons. The van der Waals surface area contributed by atoms with Crippen LogP contribution in [0.4, 0.5) is 4.39 Å². The van der Waals surface area contributed by atoms with Crippen LogP contribution in [-0.4, -0.2) is 33.5 Å². The molecule has 0 atom stereocenters. The number of hydrogen-bond donors (Lipinski definition) is 3. The van der Waals surface area contributed by atoms with Gasteiger partial charge >= 0.3 is 5.97 Å². The van der Waals surface area contributed by atoms with Gasteiger partial charge in [-0.15, -0.1) is 0 Å². The van der Waals surface area contributed by atoms with E-state index in [1.54, 1.807) is 18.2 Å². The molecular formula is C13H12FN3O3. The van der Waals surface area contributed by atoms with E-state index in [2.05, 4.69) is 15.3 Å². The van der Waals surface area contributed by atoms with Crippen molar-refractivity contribution in [1.82, 2.24) is 15.3 Å². The van der Waals surface area contributed by atoms with E-state index in [-0.39, 0.29) is 23.7 Å². The molecule has 0 aliphatic rings. The number of nitrogens with zero attached hydrogens (tertiary/aromatic N) is 1. The first-order valence-electron chi connectivity index (χ1n) is 5.88. The second-order valence-electron chi connectivity index (χ2n) is 4.03. The molecule has 1 aromatic heterocycles. The number of benzene rings is 1. The Kier molecular flexibility index (Phi) is 4.09. The Morgan fingerprint density at radius 2 is 2.10 bits per heavy atom. The third-order valence-corrected chi connectivity index (χ3v) is 2.71.